The molecule has 0 bridgehead atoms. The second-order valence-corrected chi connectivity index (χ2v) is 2.64. The summed E-state index contributed by atoms with van der Waals surface area (Å²) in [5.74, 6) is 0. The summed E-state index contributed by atoms with van der Waals surface area (Å²) in [5, 5.41) is 0. The Kier molecular flexibility index (Phi) is 4.02. The lowest BCUT2D eigenvalue weighted by Gasteiger charge is -1.90. The molecule has 0 aromatic heterocycles. The highest BCUT2D eigenvalue weighted by Crippen LogP contribution is 1.87. The van der Waals surface area contributed by atoms with E-state index in [1.165, 1.54) is 5.57 Å². The van der Waals surface area contributed by atoms with Crippen molar-refractivity contribution in [3.05, 3.63) is 11.6 Å². The van der Waals surface area contributed by atoms with Crippen molar-refractivity contribution >= 4 is 6.21 Å². The molecule has 0 aliphatic heterocycles. The molecule has 0 spiro atoms. The Hall–Kier alpha value is -0.590. The number of aliphatic imine (C=N–C) groups is 1. The summed E-state index contributed by atoms with van der Waals surface area (Å²) in [5.41, 5.74) is 1.29. The van der Waals surface area contributed by atoms with E-state index in [1.54, 1.807) is 0 Å². The maximum Gasteiger partial charge on any atom is 0.0443 e. The zero-order chi connectivity index (χ0) is 7.28. The first kappa shape index (κ1) is 8.41. The van der Waals surface area contributed by atoms with Crippen LogP contribution in [-0.4, -0.2) is 12.3 Å². The minimum absolute atomic E-state index is 0.417. The first-order valence-electron chi connectivity index (χ1n) is 3.29. The van der Waals surface area contributed by atoms with Crippen LogP contribution in [0.15, 0.2) is 16.6 Å². The summed E-state index contributed by atoms with van der Waals surface area (Å²) < 4.78 is 0. The molecule has 0 N–H and O–H groups in total. The molecule has 0 rings (SSSR count). The van der Waals surface area contributed by atoms with Gasteiger partial charge in [-0.05, 0) is 33.8 Å². The van der Waals surface area contributed by atoms with Gasteiger partial charge in [-0.25, -0.2) is 0 Å². The third kappa shape index (κ3) is 7.41. The van der Waals surface area contributed by atoms with Gasteiger partial charge < -0.3 is 0 Å². The van der Waals surface area contributed by atoms with Crippen LogP contribution in [0.2, 0.25) is 0 Å². The van der Waals surface area contributed by atoms with E-state index in [0.29, 0.717) is 6.04 Å². The van der Waals surface area contributed by atoms with E-state index in [1.807, 2.05) is 12.3 Å². The molecule has 0 atom stereocenters. The SMILES string of the molecule is CC(C)=CC=NC(C)C. The van der Waals surface area contributed by atoms with Crippen LogP contribution in [0.3, 0.4) is 0 Å². The lowest BCUT2D eigenvalue weighted by atomic mass is 10.3. The minimum atomic E-state index is 0.417. The fourth-order valence-electron chi connectivity index (χ4n) is 0.364. The molecule has 0 saturated heterocycles. The number of hydrogen-bond donors (Lipinski definition) is 0. The zero-order valence-corrected chi connectivity index (χ0v) is 6.68. The summed E-state index contributed by atoms with van der Waals surface area (Å²) >= 11 is 0. The molecule has 0 fully saturated rings. The van der Waals surface area contributed by atoms with E-state index in [4.69, 9.17) is 0 Å². The van der Waals surface area contributed by atoms with Crippen molar-refractivity contribution in [3.63, 3.8) is 0 Å². The van der Waals surface area contributed by atoms with Gasteiger partial charge in [-0.15, -0.1) is 0 Å². The summed E-state index contributed by atoms with van der Waals surface area (Å²) in [4.78, 5) is 4.16. The van der Waals surface area contributed by atoms with Gasteiger partial charge in [-0.3, -0.25) is 4.99 Å². The van der Waals surface area contributed by atoms with Gasteiger partial charge in [0.1, 0.15) is 0 Å². The molecule has 52 valence electrons. The van der Waals surface area contributed by atoms with Crippen molar-refractivity contribution in [2.24, 2.45) is 4.99 Å². The Morgan fingerprint density at radius 3 is 2.22 bits per heavy atom. The molecule has 0 heterocycles. The molecule has 0 aromatic rings. The molecule has 0 unspecified atom stereocenters. The lowest BCUT2D eigenvalue weighted by Crippen LogP contribution is -1.86. The summed E-state index contributed by atoms with van der Waals surface area (Å²) in [7, 11) is 0. The van der Waals surface area contributed by atoms with Crippen LogP contribution in [0.4, 0.5) is 0 Å². The van der Waals surface area contributed by atoms with Crippen molar-refractivity contribution in [3.8, 4) is 0 Å². The molecule has 0 aliphatic rings. The number of hydrogen-bond acceptors (Lipinski definition) is 1. The third-order valence-electron chi connectivity index (χ3n) is 0.792. The molecule has 0 saturated carbocycles. The van der Waals surface area contributed by atoms with Gasteiger partial charge >= 0.3 is 0 Å². The highest BCUT2D eigenvalue weighted by Gasteiger charge is 1.79. The van der Waals surface area contributed by atoms with Crippen LogP contribution in [0.1, 0.15) is 27.7 Å². The largest absolute Gasteiger partial charge is 0.290 e. The summed E-state index contributed by atoms with van der Waals surface area (Å²) in [6, 6.07) is 0.417. The topological polar surface area (TPSA) is 12.4 Å². The van der Waals surface area contributed by atoms with Crippen LogP contribution in [-0.2, 0) is 0 Å². The molecular weight excluding hydrogens is 110 g/mol. The summed E-state index contributed by atoms with van der Waals surface area (Å²) in [6.07, 6.45) is 3.88. The molecule has 1 heteroatoms. The molecule has 0 amide bonds. The van der Waals surface area contributed by atoms with E-state index in [9.17, 15) is 0 Å². The van der Waals surface area contributed by atoms with E-state index < -0.39 is 0 Å². The highest BCUT2D eigenvalue weighted by molar-refractivity contribution is 5.71. The van der Waals surface area contributed by atoms with Crippen molar-refractivity contribution in [1.29, 1.82) is 0 Å². The fourth-order valence-corrected chi connectivity index (χ4v) is 0.364. The van der Waals surface area contributed by atoms with Crippen LogP contribution < -0.4 is 0 Å². The molecule has 0 aromatic carbocycles. The standard InChI is InChI=1S/C8H15N/c1-7(2)5-6-9-8(3)4/h5-6,8H,1-4H3. The van der Waals surface area contributed by atoms with Gasteiger partial charge in [0.2, 0.25) is 0 Å². The van der Waals surface area contributed by atoms with E-state index >= 15 is 0 Å². The quantitative estimate of drug-likeness (QED) is 0.503. The first-order valence-corrected chi connectivity index (χ1v) is 3.29. The Labute approximate surface area is 57.5 Å². The molecule has 9 heavy (non-hydrogen) atoms. The van der Waals surface area contributed by atoms with Crippen molar-refractivity contribution in [1.82, 2.24) is 0 Å². The normalized spacial score (nSPS) is 10.8. The van der Waals surface area contributed by atoms with Crippen LogP contribution >= 0.6 is 0 Å². The Morgan fingerprint density at radius 1 is 1.33 bits per heavy atom. The van der Waals surface area contributed by atoms with Crippen LogP contribution in [0, 0.1) is 0 Å². The smallest absolute Gasteiger partial charge is 0.0443 e. The van der Waals surface area contributed by atoms with E-state index in [0.717, 1.165) is 0 Å². The lowest BCUT2D eigenvalue weighted by molar-refractivity contribution is 0.841. The van der Waals surface area contributed by atoms with Gasteiger partial charge in [-0.1, -0.05) is 5.57 Å². The van der Waals surface area contributed by atoms with Crippen molar-refractivity contribution in [2.45, 2.75) is 33.7 Å². The maximum atomic E-state index is 4.16. The maximum absolute atomic E-state index is 4.16. The van der Waals surface area contributed by atoms with Gasteiger partial charge in [0.15, 0.2) is 0 Å². The van der Waals surface area contributed by atoms with Crippen LogP contribution in [0.25, 0.3) is 0 Å². The minimum Gasteiger partial charge on any atom is -0.290 e. The highest BCUT2D eigenvalue weighted by atomic mass is 14.7. The Bertz CT molecular complexity index is 117. The van der Waals surface area contributed by atoms with Crippen molar-refractivity contribution < 1.29 is 0 Å². The molecule has 0 aliphatic carbocycles. The monoisotopic (exact) mass is 125 g/mol. The fraction of sp³-hybridized carbons (Fsp3) is 0.625. The zero-order valence-electron chi connectivity index (χ0n) is 6.68. The van der Waals surface area contributed by atoms with E-state index in [2.05, 4.69) is 32.7 Å². The number of nitrogens with zero attached hydrogens (tertiary/aromatic N) is 1. The third-order valence-corrected chi connectivity index (χ3v) is 0.792. The van der Waals surface area contributed by atoms with E-state index in [-0.39, 0.29) is 0 Å². The van der Waals surface area contributed by atoms with Crippen molar-refractivity contribution in [2.75, 3.05) is 0 Å². The first-order chi connectivity index (χ1) is 4.13. The Balaban J connectivity index is 3.60. The van der Waals surface area contributed by atoms with Gasteiger partial charge in [-0.2, -0.15) is 0 Å². The Morgan fingerprint density at radius 2 is 1.89 bits per heavy atom. The molecule has 0 radical (unpaired) electrons. The summed E-state index contributed by atoms with van der Waals surface area (Å²) in [6.45, 7) is 8.25. The number of allylic oxidation sites excluding steroid dienone is 2. The van der Waals surface area contributed by atoms with Gasteiger partial charge in [0.05, 0.1) is 0 Å². The predicted octanol–water partition coefficient (Wildman–Crippen LogP) is 2.43. The average Bonchev–Trinajstić information content (AvgIpc) is 1.63. The molecular formula is C8H15N. The second-order valence-electron chi connectivity index (χ2n) is 2.64. The van der Waals surface area contributed by atoms with Gasteiger partial charge in [0, 0.05) is 12.3 Å². The predicted molar refractivity (Wildman–Crippen MR) is 43.1 cm³/mol. The average molecular weight is 125 g/mol. The molecule has 1 nitrogen and oxygen atoms in total. The second kappa shape index (κ2) is 4.30. The van der Waals surface area contributed by atoms with Crippen LogP contribution in [0.5, 0.6) is 0 Å². The number of rotatable bonds is 2. The van der Waals surface area contributed by atoms with Gasteiger partial charge in [0.25, 0.3) is 0 Å².